The zero-order valence-corrected chi connectivity index (χ0v) is 13.9. The van der Waals surface area contributed by atoms with Crippen molar-refractivity contribution in [2.24, 2.45) is 7.05 Å². The summed E-state index contributed by atoms with van der Waals surface area (Å²) in [4.78, 5) is 27.2. The van der Waals surface area contributed by atoms with E-state index in [0.29, 0.717) is 12.4 Å². The van der Waals surface area contributed by atoms with Gasteiger partial charge in [-0.25, -0.2) is 4.79 Å². The number of rotatable bonds is 5. The Kier molecular flexibility index (Phi) is 5.91. The van der Waals surface area contributed by atoms with Gasteiger partial charge in [-0.2, -0.15) is 0 Å². The van der Waals surface area contributed by atoms with Gasteiger partial charge in [0.1, 0.15) is 6.33 Å². The summed E-state index contributed by atoms with van der Waals surface area (Å²) in [6, 6.07) is -0.426. The molecule has 1 saturated heterocycles. The fourth-order valence-corrected chi connectivity index (χ4v) is 2.61. The van der Waals surface area contributed by atoms with Gasteiger partial charge in [0.15, 0.2) is 5.82 Å². The molecule has 9 heteroatoms. The van der Waals surface area contributed by atoms with Gasteiger partial charge in [0.2, 0.25) is 5.91 Å². The van der Waals surface area contributed by atoms with E-state index in [2.05, 4.69) is 25.7 Å². The molecule has 0 spiro atoms. The molecular formula is C14H25N7O2. The van der Waals surface area contributed by atoms with Gasteiger partial charge in [-0.15, -0.1) is 10.2 Å². The highest BCUT2D eigenvalue weighted by atomic mass is 16.2. The highest BCUT2D eigenvalue weighted by Gasteiger charge is 2.18. The fourth-order valence-electron chi connectivity index (χ4n) is 2.61. The molecule has 1 aliphatic heterocycles. The summed E-state index contributed by atoms with van der Waals surface area (Å²) in [7, 11) is 1.84. The molecule has 0 bridgehead atoms. The Balaban J connectivity index is 1.64. The SMILES string of the molecule is CC(=O)N1CCN(CCNC(=O)N[C@@H](C)c2nncn2C)CC1. The van der Waals surface area contributed by atoms with Crippen LogP contribution in [0.15, 0.2) is 6.33 Å². The normalized spacial score (nSPS) is 16.9. The van der Waals surface area contributed by atoms with Gasteiger partial charge < -0.3 is 20.1 Å². The van der Waals surface area contributed by atoms with Gasteiger partial charge in [-0.1, -0.05) is 0 Å². The van der Waals surface area contributed by atoms with Crippen molar-refractivity contribution in [1.29, 1.82) is 0 Å². The lowest BCUT2D eigenvalue weighted by atomic mass is 10.3. The van der Waals surface area contributed by atoms with E-state index >= 15 is 0 Å². The highest BCUT2D eigenvalue weighted by molar-refractivity contribution is 5.74. The van der Waals surface area contributed by atoms with Crippen LogP contribution >= 0.6 is 0 Å². The molecule has 1 atom stereocenters. The van der Waals surface area contributed by atoms with E-state index in [-0.39, 0.29) is 18.0 Å². The second-order valence-electron chi connectivity index (χ2n) is 5.77. The van der Waals surface area contributed by atoms with Crippen molar-refractivity contribution in [1.82, 2.24) is 35.2 Å². The van der Waals surface area contributed by atoms with Crippen molar-refractivity contribution < 1.29 is 9.59 Å². The summed E-state index contributed by atoms with van der Waals surface area (Å²) in [5.74, 6) is 0.834. The summed E-state index contributed by atoms with van der Waals surface area (Å²) in [5, 5.41) is 13.5. The number of carbonyl (C=O) groups is 2. The maximum atomic E-state index is 11.9. The van der Waals surface area contributed by atoms with E-state index < -0.39 is 0 Å². The molecule has 0 saturated carbocycles. The van der Waals surface area contributed by atoms with Gasteiger partial charge in [-0.3, -0.25) is 9.69 Å². The third-order valence-corrected chi connectivity index (χ3v) is 4.01. The number of aryl methyl sites for hydroxylation is 1. The van der Waals surface area contributed by atoms with Crippen LogP contribution in [0, 0.1) is 0 Å². The van der Waals surface area contributed by atoms with Crippen LogP contribution in [0.5, 0.6) is 0 Å². The van der Waals surface area contributed by atoms with Crippen LogP contribution in [0.4, 0.5) is 4.79 Å². The molecule has 1 fully saturated rings. The first-order chi connectivity index (χ1) is 11.0. The van der Waals surface area contributed by atoms with Gasteiger partial charge in [0.25, 0.3) is 0 Å². The quantitative estimate of drug-likeness (QED) is 0.750. The first-order valence-electron chi connectivity index (χ1n) is 7.83. The predicted molar refractivity (Wildman–Crippen MR) is 84.6 cm³/mol. The Morgan fingerprint density at radius 2 is 2.00 bits per heavy atom. The second kappa shape index (κ2) is 7.91. The minimum Gasteiger partial charge on any atom is -0.340 e. The molecule has 9 nitrogen and oxygen atoms in total. The molecule has 0 aromatic carbocycles. The molecule has 23 heavy (non-hydrogen) atoms. The maximum absolute atomic E-state index is 11.9. The second-order valence-corrected chi connectivity index (χ2v) is 5.77. The third-order valence-electron chi connectivity index (χ3n) is 4.01. The molecule has 3 amide bonds. The average Bonchev–Trinajstić information content (AvgIpc) is 2.94. The number of urea groups is 1. The first kappa shape index (κ1) is 17.2. The monoisotopic (exact) mass is 323 g/mol. The summed E-state index contributed by atoms with van der Waals surface area (Å²) in [6.07, 6.45) is 1.60. The average molecular weight is 323 g/mol. The Morgan fingerprint density at radius 3 is 2.57 bits per heavy atom. The van der Waals surface area contributed by atoms with E-state index in [0.717, 1.165) is 32.7 Å². The number of nitrogens with zero attached hydrogens (tertiary/aromatic N) is 5. The summed E-state index contributed by atoms with van der Waals surface area (Å²) in [6.45, 7) is 8.01. The molecule has 0 unspecified atom stereocenters. The summed E-state index contributed by atoms with van der Waals surface area (Å²) >= 11 is 0. The Bertz CT molecular complexity index is 537. The number of hydrogen-bond donors (Lipinski definition) is 2. The van der Waals surface area contributed by atoms with Crippen molar-refractivity contribution in [2.75, 3.05) is 39.3 Å². The lowest BCUT2D eigenvalue weighted by molar-refractivity contribution is -0.130. The zero-order chi connectivity index (χ0) is 16.8. The van der Waals surface area contributed by atoms with E-state index in [4.69, 9.17) is 0 Å². The number of carbonyl (C=O) groups excluding carboxylic acids is 2. The fraction of sp³-hybridized carbons (Fsp3) is 0.714. The number of hydrogen-bond acceptors (Lipinski definition) is 5. The number of aromatic nitrogens is 3. The van der Waals surface area contributed by atoms with Crippen LogP contribution in [0.25, 0.3) is 0 Å². The smallest absolute Gasteiger partial charge is 0.315 e. The molecule has 2 rings (SSSR count). The number of amides is 3. The topological polar surface area (TPSA) is 95.4 Å². The molecule has 1 aromatic rings. The van der Waals surface area contributed by atoms with Gasteiger partial charge in [0, 0.05) is 53.2 Å². The summed E-state index contributed by atoms with van der Waals surface area (Å²) in [5.41, 5.74) is 0. The molecule has 0 aliphatic carbocycles. The van der Waals surface area contributed by atoms with Crippen LogP contribution in [-0.2, 0) is 11.8 Å². The van der Waals surface area contributed by atoms with Gasteiger partial charge in [0.05, 0.1) is 6.04 Å². The molecule has 2 N–H and O–H groups in total. The lowest BCUT2D eigenvalue weighted by Crippen LogP contribution is -2.50. The summed E-state index contributed by atoms with van der Waals surface area (Å²) < 4.78 is 1.78. The molecule has 0 radical (unpaired) electrons. The molecular weight excluding hydrogens is 298 g/mol. The predicted octanol–water partition coefficient (Wildman–Crippen LogP) is -0.661. The number of nitrogens with one attached hydrogen (secondary N) is 2. The molecule has 1 aliphatic rings. The van der Waals surface area contributed by atoms with Crippen molar-refractivity contribution in [2.45, 2.75) is 19.9 Å². The highest BCUT2D eigenvalue weighted by Crippen LogP contribution is 2.06. The van der Waals surface area contributed by atoms with Crippen LogP contribution in [-0.4, -0.2) is 75.8 Å². The minimum atomic E-state index is -0.220. The lowest BCUT2D eigenvalue weighted by Gasteiger charge is -2.34. The Morgan fingerprint density at radius 1 is 1.30 bits per heavy atom. The molecule has 1 aromatic heterocycles. The van der Waals surface area contributed by atoms with E-state index in [1.165, 1.54) is 0 Å². The van der Waals surface area contributed by atoms with Crippen molar-refractivity contribution in [3.8, 4) is 0 Å². The Hall–Kier alpha value is -2.16. The van der Waals surface area contributed by atoms with Crippen LogP contribution in [0.1, 0.15) is 25.7 Å². The third kappa shape index (κ3) is 4.92. The first-order valence-corrected chi connectivity index (χ1v) is 7.83. The number of piperazine rings is 1. The standard InChI is InChI=1S/C14H25N7O2/c1-11(13-18-16-10-19(13)3)17-14(23)15-4-5-20-6-8-21(9-7-20)12(2)22/h10-11H,4-9H2,1-3H3,(H2,15,17,23)/t11-/m0/s1. The van der Waals surface area contributed by atoms with Gasteiger partial charge >= 0.3 is 6.03 Å². The molecule has 128 valence electrons. The van der Waals surface area contributed by atoms with Crippen LogP contribution < -0.4 is 10.6 Å². The van der Waals surface area contributed by atoms with E-state index in [1.54, 1.807) is 17.8 Å². The van der Waals surface area contributed by atoms with E-state index in [1.807, 2.05) is 18.9 Å². The minimum absolute atomic E-state index is 0.125. The van der Waals surface area contributed by atoms with Crippen molar-refractivity contribution >= 4 is 11.9 Å². The largest absolute Gasteiger partial charge is 0.340 e. The van der Waals surface area contributed by atoms with Crippen molar-refractivity contribution in [3.05, 3.63) is 12.2 Å². The van der Waals surface area contributed by atoms with Crippen LogP contribution in [0.2, 0.25) is 0 Å². The zero-order valence-electron chi connectivity index (χ0n) is 13.9. The maximum Gasteiger partial charge on any atom is 0.315 e. The van der Waals surface area contributed by atoms with Crippen molar-refractivity contribution in [3.63, 3.8) is 0 Å². The molecule has 2 heterocycles. The van der Waals surface area contributed by atoms with E-state index in [9.17, 15) is 9.59 Å². The van der Waals surface area contributed by atoms with Gasteiger partial charge in [-0.05, 0) is 6.92 Å². The van der Waals surface area contributed by atoms with Crippen LogP contribution in [0.3, 0.4) is 0 Å². The Labute approximate surface area is 136 Å².